The van der Waals surface area contributed by atoms with Crippen LogP contribution in [0.4, 0.5) is 0 Å². The number of pyridine rings is 1. The van der Waals surface area contributed by atoms with Gasteiger partial charge in [0.25, 0.3) is 10.2 Å². The number of benzene rings is 1. The quantitative estimate of drug-likeness (QED) is 0.596. The van der Waals surface area contributed by atoms with Crippen molar-refractivity contribution < 1.29 is 8.42 Å². The van der Waals surface area contributed by atoms with Gasteiger partial charge >= 0.3 is 0 Å². The van der Waals surface area contributed by atoms with E-state index in [1.54, 1.807) is 14.1 Å². The lowest BCUT2D eigenvalue weighted by Crippen LogP contribution is -2.39. The Bertz CT molecular complexity index is 1150. The molecule has 1 N–H and O–H groups in total. The van der Waals surface area contributed by atoms with Gasteiger partial charge in [-0.15, -0.1) is 0 Å². The van der Waals surface area contributed by atoms with Crippen LogP contribution in [0.3, 0.4) is 0 Å². The Morgan fingerprint density at radius 3 is 2.43 bits per heavy atom. The van der Waals surface area contributed by atoms with Gasteiger partial charge in [0, 0.05) is 62.1 Å². The van der Waals surface area contributed by atoms with Gasteiger partial charge in [0.1, 0.15) is 0 Å². The minimum Gasteiger partial charge on any atom is -0.347 e. The van der Waals surface area contributed by atoms with Crippen molar-refractivity contribution in [2.45, 2.75) is 38.6 Å². The van der Waals surface area contributed by atoms with Crippen LogP contribution in [0.2, 0.25) is 0 Å². The maximum absolute atomic E-state index is 12.3. The Labute approximate surface area is 179 Å². The summed E-state index contributed by atoms with van der Waals surface area (Å²) in [4.78, 5) is 4.12. The third-order valence-electron chi connectivity index (χ3n) is 5.96. The largest absolute Gasteiger partial charge is 0.347 e. The van der Waals surface area contributed by atoms with E-state index in [0.29, 0.717) is 12.5 Å². The van der Waals surface area contributed by atoms with Gasteiger partial charge in [-0.25, -0.2) is 4.72 Å². The van der Waals surface area contributed by atoms with Crippen LogP contribution in [-0.2, 0) is 22.2 Å². The maximum Gasteiger partial charge on any atom is 0.278 e. The van der Waals surface area contributed by atoms with Crippen molar-refractivity contribution in [1.29, 1.82) is 0 Å². The van der Waals surface area contributed by atoms with Crippen molar-refractivity contribution in [3.63, 3.8) is 0 Å². The van der Waals surface area contributed by atoms with Gasteiger partial charge in [-0.05, 0) is 53.6 Å². The highest BCUT2D eigenvalue weighted by Crippen LogP contribution is 2.51. The molecule has 2 heterocycles. The second-order valence-corrected chi connectivity index (χ2v) is 10.9. The molecule has 30 heavy (non-hydrogen) atoms. The molecule has 1 fully saturated rings. The Kier molecular flexibility index (Phi) is 5.46. The molecular weight excluding hydrogens is 396 g/mol. The molecule has 2 aromatic heterocycles. The number of hydrogen-bond donors (Lipinski definition) is 1. The fraction of sp³-hybridized carbons (Fsp3) is 0.435. The van der Waals surface area contributed by atoms with E-state index in [1.807, 2.05) is 24.5 Å². The average molecular weight is 427 g/mol. The molecule has 1 aromatic carbocycles. The molecule has 0 bridgehead atoms. The standard InChI is InChI=1S/C23H30N4O2S/c1-17(2)14-27-15-21(23(9-10-23)16-25-30(28,29)26(3)4)20-6-5-19(13-22(20)27)18-7-11-24-12-8-18/h5-8,11-13,15,17,25H,9-10,14,16H2,1-4H3. The number of rotatable bonds is 8. The molecule has 0 radical (unpaired) electrons. The molecule has 7 heteroatoms. The first kappa shape index (κ1) is 21.0. The van der Waals surface area contributed by atoms with Crippen LogP contribution >= 0.6 is 0 Å². The van der Waals surface area contributed by atoms with E-state index in [2.05, 4.69) is 52.5 Å². The van der Waals surface area contributed by atoms with Crippen molar-refractivity contribution in [3.05, 3.63) is 54.5 Å². The third-order valence-corrected chi connectivity index (χ3v) is 7.43. The van der Waals surface area contributed by atoms with Gasteiger partial charge in [-0.1, -0.05) is 26.0 Å². The van der Waals surface area contributed by atoms with Gasteiger partial charge in [0.2, 0.25) is 0 Å². The van der Waals surface area contributed by atoms with Crippen molar-refractivity contribution in [2.24, 2.45) is 5.92 Å². The molecule has 1 aliphatic rings. The topological polar surface area (TPSA) is 67.2 Å². The van der Waals surface area contributed by atoms with Crippen molar-refractivity contribution in [2.75, 3.05) is 20.6 Å². The monoisotopic (exact) mass is 426 g/mol. The fourth-order valence-corrected chi connectivity index (χ4v) is 4.75. The smallest absolute Gasteiger partial charge is 0.278 e. The lowest BCUT2D eigenvalue weighted by Gasteiger charge is -2.18. The summed E-state index contributed by atoms with van der Waals surface area (Å²) in [6.07, 6.45) is 7.87. The van der Waals surface area contributed by atoms with Gasteiger partial charge in [0.05, 0.1) is 0 Å². The van der Waals surface area contributed by atoms with E-state index in [-0.39, 0.29) is 5.41 Å². The molecule has 0 atom stereocenters. The summed E-state index contributed by atoms with van der Waals surface area (Å²) in [7, 11) is -0.332. The SMILES string of the molecule is CC(C)Cn1cc(C2(CNS(=O)(=O)N(C)C)CC2)c2ccc(-c3ccncc3)cc21. The minimum absolute atomic E-state index is 0.123. The molecule has 6 nitrogen and oxygen atoms in total. The summed E-state index contributed by atoms with van der Waals surface area (Å²) < 4.78 is 30.9. The first-order valence-corrected chi connectivity index (χ1v) is 11.9. The van der Waals surface area contributed by atoms with Gasteiger partial charge in [-0.3, -0.25) is 4.98 Å². The van der Waals surface area contributed by atoms with Gasteiger partial charge < -0.3 is 4.57 Å². The predicted octanol–water partition coefficient (Wildman–Crippen LogP) is 3.79. The van der Waals surface area contributed by atoms with Crippen LogP contribution in [0.1, 0.15) is 32.3 Å². The van der Waals surface area contributed by atoms with Gasteiger partial charge in [-0.2, -0.15) is 12.7 Å². The number of nitrogens with one attached hydrogen (secondary N) is 1. The van der Waals surface area contributed by atoms with Gasteiger partial charge in [0.15, 0.2) is 0 Å². The van der Waals surface area contributed by atoms with Crippen molar-refractivity contribution in [1.82, 2.24) is 18.6 Å². The van der Waals surface area contributed by atoms with E-state index in [4.69, 9.17) is 0 Å². The second kappa shape index (κ2) is 7.80. The normalized spacial score (nSPS) is 15.9. The highest BCUT2D eigenvalue weighted by molar-refractivity contribution is 7.87. The fourth-order valence-electron chi connectivity index (χ4n) is 4.03. The highest BCUT2D eigenvalue weighted by Gasteiger charge is 2.46. The van der Waals surface area contributed by atoms with E-state index in [1.165, 1.54) is 20.8 Å². The summed E-state index contributed by atoms with van der Waals surface area (Å²) >= 11 is 0. The Balaban J connectivity index is 1.75. The Morgan fingerprint density at radius 1 is 1.13 bits per heavy atom. The van der Waals surface area contributed by atoms with Crippen LogP contribution < -0.4 is 4.72 Å². The number of aromatic nitrogens is 2. The Hall–Kier alpha value is -2.22. The highest BCUT2D eigenvalue weighted by atomic mass is 32.2. The minimum atomic E-state index is -3.44. The molecule has 4 rings (SSSR count). The van der Waals surface area contributed by atoms with E-state index in [0.717, 1.165) is 30.5 Å². The van der Waals surface area contributed by atoms with Crippen LogP contribution in [0.25, 0.3) is 22.0 Å². The maximum atomic E-state index is 12.3. The summed E-state index contributed by atoms with van der Waals surface area (Å²) in [6.45, 7) is 5.79. The third kappa shape index (κ3) is 4.02. The van der Waals surface area contributed by atoms with Crippen molar-refractivity contribution in [3.8, 4) is 11.1 Å². The Morgan fingerprint density at radius 2 is 1.83 bits per heavy atom. The predicted molar refractivity (Wildman–Crippen MR) is 122 cm³/mol. The number of hydrogen-bond acceptors (Lipinski definition) is 3. The zero-order valence-corrected chi connectivity index (χ0v) is 18.9. The first-order chi connectivity index (χ1) is 14.2. The molecule has 0 amide bonds. The lowest BCUT2D eigenvalue weighted by molar-refractivity contribution is 0.497. The number of fused-ring (bicyclic) bond motifs is 1. The molecule has 0 aliphatic heterocycles. The lowest BCUT2D eigenvalue weighted by atomic mass is 9.94. The second-order valence-electron chi connectivity index (χ2n) is 8.95. The zero-order valence-electron chi connectivity index (χ0n) is 18.1. The first-order valence-electron chi connectivity index (χ1n) is 10.4. The molecule has 1 aliphatic carbocycles. The summed E-state index contributed by atoms with van der Waals surface area (Å²) in [5, 5.41) is 1.22. The summed E-state index contributed by atoms with van der Waals surface area (Å²) in [5.74, 6) is 0.514. The average Bonchev–Trinajstić information content (AvgIpc) is 3.43. The van der Waals surface area contributed by atoms with E-state index in [9.17, 15) is 8.42 Å². The molecule has 0 unspecified atom stereocenters. The van der Waals surface area contributed by atoms with Crippen molar-refractivity contribution >= 4 is 21.1 Å². The molecular formula is C23H30N4O2S. The van der Waals surface area contributed by atoms with Crippen LogP contribution in [0.15, 0.2) is 48.9 Å². The van der Waals surface area contributed by atoms with Crippen LogP contribution in [-0.4, -0.2) is 42.9 Å². The van der Waals surface area contributed by atoms with E-state index >= 15 is 0 Å². The number of nitrogens with zero attached hydrogens (tertiary/aromatic N) is 3. The van der Waals surface area contributed by atoms with Crippen LogP contribution in [0.5, 0.6) is 0 Å². The summed E-state index contributed by atoms with van der Waals surface area (Å²) in [5.41, 5.74) is 4.64. The zero-order chi connectivity index (χ0) is 21.5. The molecule has 0 spiro atoms. The summed E-state index contributed by atoms with van der Waals surface area (Å²) in [6, 6.07) is 10.6. The van der Waals surface area contributed by atoms with E-state index < -0.39 is 10.2 Å². The molecule has 0 saturated heterocycles. The molecule has 1 saturated carbocycles. The van der Waals surface area contributed by atoms with Crippen LogP contribution in [0, 0.1) is 5.92 Å². The molecule has 160 valence electrons. The molecule has 3 aromatic rings.